The Bertz CT molecular complexity index is 2290. The molecule has 268 valence electrons. The van der Waals surface area contributed by atoms with E-state index in [2.05, 4.69) is 36.2 Å². The lowest BCUT2D eigenvalue weighted by atomic mass is 10.1. The normalized spacial score (nSPS) is 11.9. The van der Waals surface area contributed by atoms with Gasteiger partial charge in [0.15, 0.2) is 0 Å². The zero-order chi connectivity index (χ0) is 37.2. The summed E-state index contributed by atoms with van der Waals surface area (Å²) >= 11 is 12.1. The van der Waals surface area contributed by atoms with Crippen molar-refractivity contribution in [1.82, 2.24) is 36.2 Å². The third-order valence-corrected chi connectivity index (χ3v) is 7.75. The summed E-state index contributed by atoms with van der Waals surface area (Å²) in [6, 6.07) is 10.8. The molecule has 0 saturated heterocycles. The van der Waals surface area contributed by atoms with E-state index in [1.54, 1.807) is 72.1 Å². The molecule has 0 radical (unpaired) electrons. The Hall–Kier alpha value is -4.99. The maximum atomic E-state index is 13.0. The Balaban J connectivity index is 0.000000216. The first-order valence-corrected chi connectivity index (χ1v) is 16.5. The number of rotatable bonds is 7. The second kappa shape index (κ2) is 14.7. The number of nitrogens with two attached hydrogens (primary N) is 1. The fourth-order valence-electron chi connectivity index (χ4n) is 5.42. The smallest absolute Gasteiger partial charge is 0.422 e. The minimum Gasteiger partial charge on any atom is -0.478 e. The van der Waals surface area contributed by atoms with Gasteiger partial charge in [0.2, 0.25) is 0 Å². The number of halogens is 2. The molecule has 14 nitrogen and oxygen atoms in total. The fraction of sp³-hybridized carbons (Fsp3) is 0.286. The molecule has 0 bridgehead atoms. The van der Waals surface area contributed by atoms with Crippen LogP contribution in [0.4, 0.5) is 4.79 Å². The Morgan fingerprint density at radius 3 is 1.73 bits per heavy atom. The van der Waals surface area contributed by atoms with Gasteiger partial charge in [-0.2, -0.15) is 0 Å². The van der Waals surface area contributed by atoms with Crippen molar-refractivity contribution >= 4 is 84.6 Å². The standard InChI is InChI=1S/C22H27ClN4O4.C13H11ClN4O2/c1-21(2,3)30-19(28)17-13-8-7-12-10-24-16(23)9-14(12)18(13)26-15(17)11-25-27-20(29)31-22(4,5)6;14-10-3-8-6(4-16-10)1-2-7-11(13(19)20)9(5-17-15)18-12(7)8/h7-10,24-25H,11H2,1-6H3,(H,27,29);1-4,16-17H,5,15H2,(H,19,20). The topological polar surface area (TPSA) is 209 Å². The number of nitrogens with one attached hydrogen (secondary N) is 5. The average molecular weight is 738 g/mol. The van der Waals surface area contributed by atoms with Crippen LogP contribution in [0.2, 0.25) is 10.3 Å². The second-order valence-electron chi connectivity index (χ2n) is 13.5. The highest BCUT2D eigenvalue weighted by molar-refractivity contribution is 6.31. The van der Waals surface area contributed by atoms with Crippen molar-refractivity contribution in [3.05, 3.63) is 81.6 Å². The number of benzene rings is 2. The van der Waals surface area contributed by atoms with Crippen molar-refractivity contribution in [2.24, 2.45) is 5.84 Å². The molecule has 0 aliphatic carbocycles. The molecular weight excluding hydrogens is 699 g/mol. The SMILES string of the molecule is CC(C)(C)OC(=O)NNCc1nc2c(ccc3c[nH]c(Cl)cc32)c1C(=O)OC(C)(C)C.NNCc1nc2c(ccc3c[nH]c(Cl)cc32)c1C(=O)O. The molecule has 4 aromatic heterocycles. The van der Waals surface area contributed by atoms with E-state index in [1.807, 2.05) is 18.2 Å². The minimum atomic E-state index is -1.02. The molecule has 0 aliphatic heterocycles. The lowest BCUT2D eigenvalue weighted by Crippen LogP contribution is -2.41. The summed E-state index contributed by atoms with van der Waals surface area (Å²) in [6.45, 7) is 11.0. The monoisotopic (exact) mass is 736 g/mol. The first kappa shape index (κ1) is 37.3. The van der Waals surface area contributed by atoms with Crippen molar-refractivity contribution in [2.75, 3.05) is 0 Å². The predicted molar refractivity (Wildman–Crippen MR) is 197 cm³/mol. The second-order valence-corrected chi connectivity index (χ2v) is 14.3. The number of carboxylic acid groups (broad SMARTS) is 1. The summed E-state index contributed by atoms with van der Waals surface area (Å²) in [5, 5.41) is 14.9. The molecule has 6 aromatic rings. The van der Waals surface area contributed by atoms with Gasteiger partial charge in [-0.3, -0.25) is 16.7 Å². The van der Waals surface area contributed by atoms with Crippen LogP contribution in [0, 0.1) is 0 Å². The number of aromatic carboxylic acids is 1. The minimum absolute atomic E-state index is 0.0939. The molecule has 0 unspecified atom stereocenters. The van der Waals surface area contributed by atoms with Crippen LogP contribution < -0.4 is 22.1 Å². The zero-order valence-corrected chi connectivity index (χ0v) is 30.3. The number of esters is 1. The van der Waals surface area contributed by atoms with E-state index in [4.69, 9.17) is 38.5 Å². The molecule has 2 aromatic carbocycles. The van der Waals surface area contributed by atoms with Crippen LogP contribution in [0.1, 0.15) is 73.6 Å². The van der Waals surface area contributed by atoms with Gasteiger partial charge < -0.3 is 24.5 Å². The molecule has 0 spiro atoms. The first-order chi connectivity index (χ1) is 24.0. The van der Waals surface area contributed by atoms with E-state index in [-0.39, 0.29) is 18.7 Å². The third kappa shape index (κ3) is 8.67. The van der Waals surface area contributed by atoms with Crippen LogP contribution >= 0.6 is 23.2 Å². The van der Waals surface area contributed by atoms with Gasteiger partial charge in [0, 0.05) is 44.7 Å². The summed E-state index contributed by atoms with van der Waals surface area (Å²) in [5.74, 6) is 3.77. The molecule has 0 atom stereocenters. The molecule has 16 heteroatoms. The van der Waals surface area contributed by atoms with E-state index in [9.17, 15) is 19.5 Å². The number of hydrogen-bond donors (Lipinski definition) is 7. The molecule has 4 heterocycles. The van der Waals surface area contributed by atoms with Gasteiger partial charge in [-0.15, -0.1) is 0 Å². The fourth-order valence-corrected chi connectivity index (χ4v) is 5.75. The van der Waals surface area contributed by atoms with Crippen molar-refractivity contribution in [3.63, 3.8) is 0 Å². The number of hydrazine groups is 2. The summed E-state index contributed by atoms with van der Waals surface area (Å²) in [4.78, 5) is 51.3. The van der Waals surface area contributed by atoms with E-state index < -0.39 is 29.2 Å². The largest absolute Gasteiger partial charge is 0.478 e. The van der Waals surface area contributed by atoms with Crippen molar-refractivity contribution in [2.45, 2.75) is 65.8 Å². The number of nitrogens with zero attached hydrogens (tertiary/aromatic N) is 2. The van der Waals surface area contributed by atoms with Crippen LogP contribution in [0.25, 0.3) is 43.4 Å². The van der Waals surface area contributed by atoms with E-state index in [0.29, 0.717) is 49.1 Å². The summed E-state index contributed by atoms with van der Waals surface area (Å²) < 4.78 is 10.8. The zero-order valence-electron chi connectivity index (χ0n) is 28.7. The highest BCUT2D eigenvalue weighted by Gasteiger charge is 2.26. The lowest BCUT2D eigenvalue weighted by molar-refractivity contribution is 0.00702. The number of carbonyl (C=O) groups is 3. The number of carbonyl (C=O) groups excluding carboxylic acids is 2. The Labute approximate surface area is 302 Å². The van der Waals surface area contributed by atoms with Gasteiger partial charge >= 0.3 is 18.0 Å². The van der Waals surface area contributed by atoms with Crippen molar-refractivity contribution in [3.8, 4) is 0 Å². The van der Waals surface area contributed by atoms with Crippen LogP contribution in [0.15, 0.2) is 48.8 Å². The number of hydrogen-bond acceptors (Lipinski definition) is 10. The number of amides is 1. The summed E-state index contributed by atoms with van der Waals surface area (Å²) in [5.41, 5.74) is 8.98. The lowest BCUT2D eigenvalue weighted by Gasteiger charge is -2.20. The summed E-state index contributed by atoms with van der Waals surface area (Å²) in [7, 11) is 0. The molecule has 0 saturated carbocycles. The molecule has 0 aliphatic rings. The molecule has 6 rings (SSSR count). The highest BCUT2D eigenvalue weighted by Crippen LogP contribution is 2.32. The van der Waals surface area contributed by atoms with Crippen LogP contribution in [0.3, 0.4) is 0 Å². The van der Waals surface area contributed by atoms with Gasteiger partial charge in [0.1, 0.15) is 21.5 Å². The number of aromatic amines is 2. The first-order valence-electron chi connectivity index (χ1n) is 15.8. The van der Waals surface area contributed by atoms with Crippen LogP contribution in [-0.4, -0.2) is 54.3 Å². The predicted octanol–water partition coefficient (Wildman–Crippen LogP) is 6.89. The number of H-pyrrole nitrogens is 2. The van der Waals surface area contributed by atoms with E-state index >= 15 is 0 Å². The maximum Gasteiger partial charge on any atom is 0.422 e. The van der Waals surface area contributed by atoms with Gasteiger partial charge in [-0.1, -0.05) is 47.5 Å². The van der Waals surface area contributed by atoms with E-state index in [0.717, 1.165) is 21.5 Å². The third-order valence-electron chi connectivity index (χ3n) is 7.32. The van der Waals surface area contributed by atoms with Gasteiger partial charge in [0.25, 0.3) is 0 Å². The van der Waals surface area contributed by atoms with Crippen LogP contribution in [-0.2, 0) is 22.6 Å². The van der Waals surface area contributed by atoms with Gasteiger partial charge in [-0.05, 0) is 53.7 Å². The molecule has 8 N–H and O–H groups in total. The van der Waals surface area contributed by atoms with Gasteiger partial charge in [0.05, 0.1) is 46.6 Å². The Morgan fingerprint density at radius 2 is 1.25 bits per heavy atom. The average Bonchev–Trinajstić information content (AvgIpc) is 3.58. The molecular formula is C35H38Cl2N8O6. The van der Waals surface area contributed by atoms with Gasteiger partial charge in [-0.25, -0.2) is 29.8 Å². The number of aromatic nitrogens is 4. The Kier molecular flexibility index (Phi) is 10.7. The number of pyridine rings is 2. The summed E-state index contributed by atoms with van der Waals surface area (Å²) in [6.07, 6.45) is 2.91. The quantitative estimate of drug-likeness (QED) is 0.0388. The maximum absolute atomic E-state index is 13.0. The van der Waals surface area contributed by atoms with E-state index in [1.165, 1.54) is 0 Å². The molecule has 51 heavy (non-hydrogen) atoms. The van der Waals surface area contributed by atoms with Crippen molar-refractivity contribution in [1.29, 1.82) is 0 Å². The number of carboxylic acids is 1. The Morgan fingerprint density at radius 1 is 0.765 bits per heavy atom. The van der Waals surface area contributed by atoms with Crippen LogP contribution in [0.5, 0.6) is 0 Å². The van der Waals surface area contributed by atoms with Crippen molar-refractivity contribution < 1.29 is 29.0 Å². The molecule has 1 amide bonds. The molecule has 0 fully saturated rings. The highest BCUT2D eigenvalue weighted by atomic mass is 35.5. The number of fused-ring (bicyclic) bond motifs is 6. The number of ether oxygens (including phenoxy) is 2.